The van der Waals surface area contributed by atoms with Crippen LogP contribution >= 0.6 is 0 Å². The lowest BCUT2D eigenvalue weighted by molar-refractivity contribution is -0.234. The van der Waals surface area contributed by atoms with Crippen LogP contribution in [0.5, 0.6) is 0 Å². The summed E-state index contributed by atoms with van der Waals surface area (Å²) in [6.45, 7) is 0.162. The van der Waals surface area contributed by atoms with Crippen molar-refractivity contribution >= 4 is 5.91 Å². The third-order valence-electron chi connectivity index (χ3n) is 1.34. The van der Waals surface area contributed by atoms with E-state index in [4.69, 9.17) is 4.74 Å². The zero-order valence-corrected chi connectivity index (χ0v) is 8.29. The number of amides is 1. The number of nitrogens with one attached hydrogen (secondary N) is 1. The van der Waals surface area contributed by atoms with E-state index in [-0.39, 0.29) is 13.2 Å². The van der Waals surface area contributed by atoms with Crippen LogP contribution < -0.4 is 11.3 Å². The number of methoxy groups -OCH3 is 1. The molecule has 0 aromatic heterocycles. The number of carbonyl (C=O) groups excluding carboxylic acids is 1. The Hall–Kier alpha value is -0.830. The molecule has 0 atom stereocenters. The number of hydrazine groups is 1. The van der Waals surface area contributed by atoms with Gasteiger partial charge in [-0.05, 0) is 0 Å². The van der Waals surface area contributed by atoms with Crippen LogP contribution in [0.1, 0.15) is 0 Å². The van der Waals surface area contributed by atoms with E-state index in [1.54, 1.807) is 0 Å². The first kappa shape index (κ1) is 14.2. The number of ether oxygens (including phenoxy) is 3. The van der Waals surface area contributed by atoms with Gasteiger partial charge >= 0.3 is 12.0 Å². The van der Waals surface area contributed by atoms with Crippen molar-refractivity contribution in [3.8, 4) is 0 Å². The zero-order chi connectivity index (χ0) is 11.7. The fourth-order valence-electron chi connectivity index (χ4n) is 0.623. The Balaban J connectivity index is 3.53. The molecule has 0 rings (SSSR count). The van der Waals surface area contributed by atoms with Gasteiger partial charge < -0.3 is 14.2 Å². The van der Waals surface area contributed by atoms with Crippen molar-refractivity contribution in [1.29, 1.82) is 0 Å². The van der Waals surface area contributed by atoms with E-state index in [1.807, 2.05) is 0 Å². The highest BCUT2D eigenvalue weighted by Gasteiger charge is 2.39. The first-order valence-corrected chi connectivity index (χ1v) is 4.14. The minimum atomic E-state index is -3.93. The second kappa shape index (κ2) is 7.46. The maximum absolute atomic E-state index is 12.6. The number of rotatable bonds is 8. The van der Waals surface area contributed by atoms with Gasteiger partial charge in [0.05, 0.1) is 26.4 Å². The van der Waals surface area contributed by atoms with Crippen LogP contribution in [0.25, 0.3) is 0 Å². The molecule has 0 aliphatic carbocycles. The summed E-state index contributed by atoms with van der Waals surface area (Å²) in [6, 6.07) is 0. The van der Waals surface area contributed by atoms with Crippen molar-refractivity contribution in [2.45, 2.75) is 6.11 Å². The number of hydrogen-bond acceptors (Lipinski definition) is 5. The largest absolute Gasteiger partial charge is 0.437 e. The summed E-state index contributed by atoms with van der Waals surface area (Å²) in [5.74, 6) is 2.83. The lowest BCUT2D eigenvalue weighted by atomic mass is 10.6. The summed E-state index contributed by atoms with van der Waals surface area (Å²) in [5.41, 5.74) is 1.29. The Morgan fingerprint density at radius 1 is 1.33 bits per heavy atom. The molecule has 90 valence electrons. The third kappa shape index (κ3) is 6.28. The van der Waals surface area contributed by atoms with Gasteiger partial charge in [0.1, 0.15) is 0 Å². The Labute approximate surface area is 85.6 Å². The minimum Gasteiger partial charge on any atom is -0.382 e. The molecule has 0 spiro atoms. The van der Waals surface area contributed by atoms with E-state index in [1.165, 1.54) is 12.5 Å². The molecule has 0 fully saturated rings. The normalized spacial score (nSPS) is 11.5. The van der Waals surface area contributed by atoms with Crippen molar-refractivity contribution in [1.82, 2.24) is 5.43 Å². The molecule has 6 nitrogen and oxygen atoms in total. The molecule has 1 amide bonds. The van der Waals surface area contributed by atoms with Gasteiger partial charge in [-0.2, -0.15) is 8.78 Å². The lowest BCUT2D eigenvalue weighted by Crippen LogP contribution is -2.45. The molecular formula is C7H14F2N2O4. The van der Waals surface area contributed by atoms with Gasteiger partial charge in [-0.25, -0.2) is 5.84 Å². The molecule has 0 aliphatic heterocycles. The van der Waals surface area contributed by atoms with Gasteiger partial charge in [0.25, 0.3) is 0 Å². The minimum absolute atomic E-state index is 0.0587. The van der Waals surface area contributed by atoms with E-state index in [0.29, 0.717) is 6.61 Å². The van der Waals surface area contributed by atoms with Gasteiger partial charge in [0.15, 0.2) is 0 Å². The van der Waals surface area contributed by atoms with Crippen LogP contribution in [-0.2, 0) is 19.0 Å². The van der Waals surface area contributed by atoms with Gasteiger partial charge in [-0.3, -0.25) is 10.2 Å². The van der Waals surface area contributed by atoms with Crippen LogP contribution in [0.4, 0.5) is 8.78 Å². The summed E-state index contributed by atoms with van der Waals surface area (Å²) in [7, 11) is 1.49. The summed E-state index contributed by atoms with van der Waals surface area (Å²) in [6.07, 6.45) is -3.93. The summed E-state index contributed by atoms with van der Waals surface area (Å²) in [5, 5.41) is 0. The van der Waals surface area contributed by atoms with Crippen molar-refractivity contribution < 1.29 is 27.8 Å². The molecule has 0 saturated heterocycles. The third-order valence-corrected chi connectivity index (χ3v) is 1.34. The van der Waals surface area contributed by atoms with Gasteiger partial charge in [0.2, 0.25) is 0 Å². The first-order chi connectivity index (χ1) is 7.04. The second-order valence-electron chi connectivity index (χ2n) is 2.44. The topological polar surface area (TPSA) is 82.8 Å². The Morgan fingerprint density at radius 3 is 2.47 bits per heavy atom. The highest BCUT2D eigenvalue weighted by Crippen LogP contribution is 2.14. The lowest BCUT2D eigenvalue weighted by Gasteiger charge is -2.14. The SMILES string of the molecule is COCCOCCOC(F)(F)C(=O)NN. The van der Waals surface area contributed by atoms with Crippen LogP contribution in [0.2, 0.25) is 0 Å². The highest BCUT2D eigenvalue weighted by atomic mass is 19.3. The van der Waals surface area contributed by atoms with E-state index in [2.05, 4.69) is 15.3 Å². The smallest absolute Gasteiger partial charge is 0.382 e. The molecule has 0 bridgehead atoms. The number of nitrogens with two attached hydrogens (primary N) is 1. The van der Waals surface area contributed by atoms with Gasteiger partial charge in [0, 0.05) is 7.11 Å². The summed E-state index contributed by atoms with van der Waals surface area (Å²) >= 11 is 0. The molecule has 0 aromatic rings. The quantitative estimate of drug-likeness (QED) is 0.247. The van der Waals surface area contributed by atoms with E-state index in [0.717, 1.165) is 0 Å². The maximum atomic E-state index is 12.6. The van der Waals surface area contributed by atoms with E-state index in [9.17, 15) is 13.6 Å². The molecular weight excluding hydrogens is 214 g/mol. The Morgan fingerprint density at radius 2 is 1.93 bits per heavy atom. The molecule has 8 heteroatoms. The molecule has 0 aliphatic rings. The monoisotopic (exact) mass is 228 g/mol. The Kier molecular flexibility index (Phi) is 7.05. The predicted octanol–water partition coefficient (Wildman–Crippen LogP) is -0.751. The van der Waals surface area contributed by atoms with Crippen molar-refractivity contribution in [2.24, 2.45) is 5.84 Å². The molecule has 0 aromatic carbocycles. The van der Waals surface area contributed by atoms with Crippen molar-refractivity contribution in [3.05, 3.63) is 0 Å². The maximum Gasteiger partial charge on any atom is 0.437 e. The van der Waals surface area contributed by atoms with E-state index < -0.39 is 18.6 Å². The number of halogens is 2. The van der Waals surface area contributed by atoms with E-state index >= 15 is 0 Å². The molecule has 0 heterocycles. The van der Waals surface area contributed by atoms with Crippen LogP contribution in [0, 0.1) is 0 Å². The van der Waals surface area contributed by atoms with Gasteiger partial charge in [-0.15, -0.1) is 0 Å². The second-order valence-corrected chi connectivity index (χ2v) is 2.44. The number of alkyl halides is 2. The molecule has 0 unspecified atom stereocenters. The fraction of sp³-hybridized carbons (Fsp3) is 0.857. The van der Waals surface area contributed by atoms with Crippen molar-refractivity contribution in [3.63, 3.8) is 0 Å². The van der Waals surface area contributed by atoms with Crippen LogP contribution in [0.15, 0.2) is 0 Å². The molecule has 0 radical (unpaired) electrons. The van der Waals surface area contributed by atoms with Crippen LogP contribution in [0.3, 0.4) is 0 Å². The van der Waals surface area contributed by atoms with Gasteiger partial charge in [-0.1, -0.05) is 0 Å². The summed E-state index contributed by atoms with van der Waals surface area (Å²) in [4.78, 5) is 10.4. The first-order valence-electron chi connectivity index (χ1n) is 4.14. The Bertz CT molecular complexity index is 192. The number of carbonyl (C=O) groups is 1. The average molecular weight is 228 g/mol. The average Bonchev–Trinajstić information content (AvgIpc) is 2.22. The molecule has 0 saturated carbocycles. The standard InChI is InChI=1S/C7H14F2N2O4/c1-13-2-3-14-4-5-15-7(8,9)6(12)11-10/h2-5,10H2,1H3,(H,11,12). The van der Waals surface area contributed by atoms with Crippen molar-refractivity contribution in [2.75, 3.05) is 33.5 Å². The predicted molar refractivity (Wildman–Crippen MR) is 45.9 cm³/mol. The summed E-state index contributed by atoms with van der Waals surface area (Å²) < 4.78 is 38.7. The fourth-order valence-corrected chi connectivity index (χ4v) is 0.623. The zero-order valence-electron chi connectivity index (χ0n) is 8.29. The van der Waals surface area contributed by atoms with Crippen LogP contribution in [-0.4, -0.2) is 45.6 Å². The molecule has 3 N–H and O–H groups in total. The highest BCUT2D eigenvalue weighted by molar-refractivity contribution is 5.81. The number of hydrogen-bond donors (Lipinski definition) is 2. The molecule has 15 heavy (non-hydrogen) atoms.